The minimum Gasteiger partial charge on any atom is -0.462 e. The van der Waals surface area contributed by atoms with E-state index in [0.29, 0.717) is 19.3 Å². The van der Waals surface area contributed by atoms with Crippen LogP contribution in [0.1, 0.15) is 361 Å². The van der Waals surface area contributed by atoms with Crippen LogP contribution >= 0.6 is 0 Å². The van der Waals surface area contributed by atoms with Crippen LogP contribution in [0.5, 0.6) is 0 Å². The summed E-state index contributed by atoms with van der Waals surface area (Å²) in [6.45, 7) is 6.53. The Kier molecular flexibility index (Phi) is 67.2. The van der Waals surface area contributed by atoms with Crippen molar-refractivity contribution in [3.63, 3.8) is 0 Å². The molecule has 0 aliphatic heterocycles. The smallest absolute Gasteiger partial charge is 0.306 e. The van der Waals surface area contributed by atoms with Crippen LogP contribution in [0.3, 0.4) is 0 Å². The highest BCUT2D eigenvalue weighted by atomic mass is 16.6. The summed E-state index contributed by atoms with van der Waals surface area (Å²) in [5.74, 6) is -0.932. The van der Waals surface area contributed by atoms with Gasteiger partial charge in [0.15, 0.2) is 6.10 Å². The Hall–Kier alpha value is -3.41. The Morgan fingerprint density at radius 2 is 0.488 bits per heavy atom. The summed E-state index contributed by atoms with van der Waals surface area (Å²) in [4.78, 5) is 38.5. The summed E-state index contributed by atoms with van der Waals surface area (Å²) in [6, 6.07) is 0. The van der Waals surface area contributed by atoms with Gasteiger partial charge in [0.05, 0.1) is 0 Å². The molecule has 0 aromatic rings. The van der Waals surface area contributed by atoms with Crippen LogP contribution in [0.25, 0.3) is 0 Å². The number of allylic oxidation sites excluding steroid dienone is 14. The van der Waals surface area contributed by atoms with Gasteiger partial charge in [-0.05, 0) is 89.9 Å². The molecule has 1 atom stereocenters. The number of esters is 3. The van der Waals surface area contributed by atoms with E-state index >= 15 is 0 Å². The molecule has 0 N–H and O–H groups in total. The molecule has 474 valence electrons. The van der Waals surface area contributed by atoms with Gasteiger partial charge in [-0.3, -0.25) is 14.4 Å². The molecule has 0 rings (SSSR count). The highest BCUT2D eigenvalue weighted by molar-refractivity contribution is 5.71. The van der Waals surface area contributed by atoms with E-state index < -0.39 is 6.10 Å². The van der Waals surface area contributed by atoms with E-state index in [-0.39, 0.29) is 37.5 Å². The van der Waals surface area contributed by atoms with Gasteiger partial charge in [0.25, 0.3) is 0 Å². The first-order valence-corrected chi connectivity index (χ1v) is 35.6. The zero-order chi connectivity index (χ0) is 59.2. The number of ether oxygens (including phenoxy) is 3. The molecule has 1 unspecified atom stereocenters. The van der Waals surface area contributed by atoms with E-state index in [1.165, 1.54) is 231 Å². The molecule has 0 amide bonds. The second-order valence-electron chi connectivity index (χ2n) is 23.8. The van der Waals surface area contributed by atoms with E-state index in [4.69, 9.17) is 14.2 Å². The highest BCUT2D eigenvalue weighted by Crippen LogP contribution is 2.18. The van der Waals surface area contributed by atoms with Crippen molar-refractivity contribution in [2.75, 3.05) is 13.2 Å². The number of rotatable bonds is 65. The Labute approximate surface area is 509 Å². The third-order valence-electron chi connectivity index (χ3n) is 15.6. The molecule has 0 aromatic carbocycles. The summed E-state index contributed by atoms with van der Waals surface area (Å²) in [6.07, 6.45) is 93.3. The van der Waals surface area contributed by atoms with Gasteiger partial charge in [-0.1, -0.05) is 337 Å². The van der Waals surface area contributed by atoms with Crippen molar-refractivity contribution in [3.8, 4) is 0 Å². The molecule has 0 saturated heterocycles. The molecule has 6 heteroatoms. The molecule has 0 radical (unpaired) electrons. The summed E-state index contributed by atoms with van der Waals surface area (Å²) in [5, 5.41) is 0. The largest absolute Gasteiger partial charge is 0.462 e. The lowest BCUT2D eigenvalue weighted by Crippen LogP contribution is -2.30. The van der Waals surface area contributed by atoms with Gasteiger partial charge in [-0.2, -0.15) is 0 Å². The number of hydrogen-bond acceptors (Lipinski definition) is 6. The number of unbranched alkanes of at least 4 members (excludes halogenated alkanes) is 40. The Bertz CT molecular complexity index is 1550. The molecule has 0 spiro atoms. The molecule has 0 saturated carbocycles. The molecule has 0 aliphatic rings. The molecule has 0 aromatic heterocycles. The summed E-state index contributed by atoms with van der Waals surface area (Å²) in [5.41, 5.74) is 0. The number of hydrogen-bond donors (Lipinski definition) is 0. The van der Waals surface area contributed by atoms with Crippen molar-refractivity contribution >= 4 is 17.9 Å². The normalized spacial score (nSPS) is 12.6. The molecule has 6 nitrogen and oxygen atoms in total. The van der Waals surface area contributed by atoms with E-state index in [0.717, 1.165) is 83.5 Å². The maximum atomic E-state index is 13.0. The molecule has 82 heavy (non-hydrogen) atoms. The van der Waals surface area contributed by atoms with Gasteiger partial charge >= 0.3 is 17.9 Å². The van der Waals surface area contributed by atoms with E-state index in [9.17, 15) is 14.4 Å². The number of carbonyl (C=O) groups excluding carboxylic acids is 3. The molecule has 0 bridgehead atoms. The maximum absolute atomic E-state index is 13.0. The lowest BCUT2D eigenvalue weighted by atomic mass is 10.0. The van der Waals surface area contributed by atoms with Crippen LogP contribution in [0.4, 0.5) is 0 Å². The van der Waals surface area contributed by atoms with Crippen molar-refractivity contribution in [2.24, 2.45) is 0 Å². The van der Waals surface area contributed by atoms with Crippen molar-refractivity contribution in [3.05, 3.63) is 85.1 Å². The van der Waals surface area contributed by atoms with Crippen molar-refractivity contribution in [1.29, 1.82) is 0 Å². The third kappa shape index (κ3) is 67.4. The summed E-state index contributed by atoms with van der Waals surface area (Å²) in [7, 11) is 0. The van der Waals surface area contributed by atoms with Gasteiger partial charge in [0.2, 0.25) is 0 Å². The van der Waals surface area contributed by atoms with Crippen LogP contribution < -0.4 is 0 Å². The average molecular weight is 1140 g/mol. The summed E-state index contributed by atoms with van der Waals surface area (Å²) >= 11 is 0. The quantitative estimate of drug-likeness (QED) is 0.0261. The fraction of sp³-hybridized carbons (Fsp3) is 0.776. The van der Waals surface area contributed by atoms with Crippen LogP contribution in [0.2, 0.25) is 0 Å². The van der Waals surface area contributed by atoms with E-state index in [1.807, 2.05) is 0 Å². The van der Waals surface area contributed by atoms with Crippen molar-refractivity contribution in [1.82, 2.24) is 0 Å². The van der Waals surface area contributed by atoms with Gasteiger partial charge in [-0.15, -0.1) is 0 Å². The third-order valence-corrected chi connectivity index (χ3v) is 15.6. The Balaban J connectivity index is 4.36. The predicted octanol–water partition coefficient (Wildman–Crippen LogP) is 24.6. The van der Waals surface area contributed by atoms with E-state index in [1.54, 1.807) is 0 Å². The average Bonchev–Trinajstić information content (AvgIpc) is 3.47. The molecule has 0 aliphatic carbocycles. The van der Waals surface area contributed by atoms with Crippen LogP contribution in [0.15, 0.2) is 85.1 Å². The highest BCUT2D eigenvalue weighted by Gasteiger charge is 2.19. The van der Waals surface area contributed by atoms with Crippen LogP contribution in [-0.4, -0.2) is 37.2 Å². The Morgan fingerprint density at radius 1 is 0.256 bits per heavy atom. The zero-order valence-electron chi connectivity index (χ0n) is 54.5. The lowest BCUT2D eigenvalue weighted by molar-refractivity contribution is -0.167. The fourth-order valence-corrected chi connectivity index (χ4v) is 10.3. The SMILES string of the molecule is CC/C=C\C/C=C\C/C=C\C/C=C\C/C=C\CCCC(=O)OCC(COC(=O)CCCCCCCCCCCCCCC/C=C\C/C=C\CCCCCCC)OC(=O)CCCCCCCCCCCCCCCCCCCCCCCC. The lowest BCUT2D eigenvalue weighted by Gasteiger charge is -2.18. The molecule has 0 fully saturated rings. The molecular weight excluding hydrogens is 1010 g/mol. The van der Waals surface area contributed by atoms with Crippen LogP contribution in [0, 0.1) is 0 Å². The van der Waals surface area contributed by atoms with Crippen LogP contribution in [-0.2, 0) is 28.6 Å². The van der Waals surface area contributed by atoms with E-state index in [2.05, 4.69) is 106 Å². The second kappa shape index (κ2) is 70.1. The van der Waals surface area contributed by atoms with Gasteiger partial charge in [0, 0.05) is 19.3 Å². The minimum absolute atomic E-state index is 0.0912. The first-order chi connectivity index (χ1) is 40.5. The van der Waals surface area contributed by atoms with Crippen molar-refractivity contribution < 1.29 is 28.6 Å². The first-order valence-electron chi connectivity index (χ1n) is 35.6. The molecule has 0 heterocycles. The number of carbonyl (C=O) groups is 3. The minimum atomic E-state index is -0.800. The fourth-order valence-electron chi connectivity index (χ4n) is 10.3. The maximum Gasteiger partial charge on any atom is 0.306 e. The topological polar surface area (TPSA) is 78.9 Å². The summed E-state index contributed by atoms with van der Waals surface area (Å²) < 4.78 is 17.0. The van der Waals surface area contributed by atoms with Gasteiger partial charge in [-0.25, -0.2) is 0 Å². The Morgan fingerprint density at radius 3 is 0.793 bits per heavy atom. The predicted molar refractivity (Wildman–Crippen MR) is 358 cm³/mol. The second-order valence-corrected chi connectivity index (χ2v) is 23.8. The van der Waals surface area contributed by atoms with Gasteiger partial charge in [0.1, 0.15) is 13.2 Å². The first kappa shape index (κ1) is 78.6. The standard InChI is InChI=1S/C76H134O6/c1-4-7-10-13-16-19-22-25-28-31-33-35-37-38-39-41-42-45-48-51-54-57-60-63-66-69-75(78)81-72-73(71-80-74(77)68-65-62-59-56-53-50-47-44-30-27-24-21-18-15-12-9-6-3)82-76(79)70-67-64-61-58-55-52-49-46-43-40-36-34-32-29-26-23-20-17-14-11-8-5-2/h9,12,18,21-22,25,27,30-31,33,47,50,56,59,73H,4-8,10-11,13-17,19-20,23-24,26,28-29,32,34-46,48-49,51-55,57-58,60-72H2,1-3H3/b12-9-,21-18-,25-22-,30-27-,33-31-,50-47-,59-56-. The molecular formula is C76H134O6. The zero-order valence-corrected chi connectivity index (χ0v) is 54.5. The monoisotopic (exact) mass is 1140 g/mol. The van der Waals surface area contributed by atoms with Gasteiger partial charge < -0.3 is 14.2 Å². The van der Waals surface area contributed by atoms with Crippen molar-refractivity contribution in [2.45, 2.75) is 367 Å².